The Morgan fingerprint density at radius 2 is 1.79 bits per heavy atom. The largest absolute Gasteiger partial charge is 0.481 e. The summed E-state index contributed by atoms with van der Waals surface area (Å²) in [5.74, 6) is -1.11. The van der Waals surface area contributed by atoms with Crippen molar-refractivity contribution < 1.29 is 18.3 Å². The van der Waals surface area contributed by atoms with Gasteiger partial charge in [-0.3, -0.25) is 4.79 Å². The molecule has 0 aliphatic carbocycles. The van der Waals surface area contributed by atoms with Crippen molar-refractivity contribution in [3.8, 4) is 0 Å². The Bertz CT molecular complexity index is 578. The summed E-state index contributed by atoms with van der Waals surface area (Å²) >= 11 is 11.7. The SMILES string of the molecule is CC(C)(CC(=O)O)NS(=O)(=O)c1c(Cl)cccc1Cl. The van der Waals surface area contributed by atoms with E-state index in [-0.39, 0.29) is 21.4 Å². The second kappa shape index (κ2) is 5.66. The molecule has 0 spiro atoms. The highest BCUT2D eigenvalue weighted by Gasteiger charge is 2.31. The average Bonchev–Trinajstić information content (AvgIpc) is 2.11. The smallest absolute Gasteiger partial charge is 0.305 e. The first-order valence-corrected chi connectivity index (χ1v) is 7.49. The van der Waals surface area contributed by atoms with Gasteiger partial charge in [0.1, 0.15) is 4.90 Å². The Morgan fingerprint density at radius 3 is 2.21 bits per heavy atom. The maximum atomic E-state index is 12.2. The van der Waals surface area contributed by atoms with Crippen molar-refractivity contribution in [1.29, 1.82) is 0 Å². The number of aliphatic carboxylic acids is 1. The van der Waals surface area contributed by atoms with Gasteiger partial charge < -0.3 is 5.11 Å². The fourth-order valence-corrected chi connectivity index (χ4v) is 4.13. The van der Waals surface area contributed by atoms with Crippen LogP contribution in [0.5, 0.6) is 0 Å². The second-order valence-corrected chi connectivity index (χ2v) is 7.04. The van der Waals surface area contributed by atoms with E-state index in [1.54, 1.807) is 0 Å². The van der Waals surface area contributed by atoms with Gasteiger partial charge in [0, 0.05) is 5.54 Å². The van der Waals surface area contributed by atoms with Crippen molar-refractivity contribution in [2.45, 2.75) is 30.7 Å². The lowest BCUT2D eigenvalue weighted by Gasteiger charge is -2.24. The molecule has 19 heavy (non-hydrogen) atoms. The molecule has 0 bridgehead atoms. The Hall–Kier alpha value is -0.820. The highest BCUT2D eigenvalue weighted by molar-refractivity contribution is 7.89. The highest BCUT2D eigenvalue weighted by atomic mass is 35.5. The van der Waals surface area contributed by atoms with Crippen molar-refractivity contribution in [1.82, 2.24) is 4.72 Å². The lowest BCUT2D eigenvalue weighted by atomic mass is 10.0. The first kappa shape index (κ1) is 16.2. The summed E-state index contributed by atoms with van der Waals surface area (Å²) in [7, 11) is -4.00. The lowest BCUT2D eigenvalue weighted by Crippen LogP contribution is -2.44. The van der Waals surface area contributed by atoms with Gasteiger partial charge in [0.25, 0.3) is 0 Å². The van der Waals surface area contributed by atoms with E-state index in [0.29, 0.717) is 0 Å². The van der Waals surface area contributed by atoms with Crippen LogP contribution in [-0.4, -0.2) is 25.0 Å². The van der Waals surface area contributed by atoms with Crippen LogP contribution in [-0.2, 0) is 14.8 Å². The third-order valence-corrected chi connectivity index (χ3v) is 4.84. The first-order chi connectivity index (χ1) is 8.55. The Morgan fingerprint density at radius 1 is 1.32 bits per heavy atom. The summed E-state index contributed by atoms with van der Waals surface area (Å²) in [5.41, 5.74) is -1.16. The maximum Gasteiger partial charge on any atom is 0.305 e. The molecule has 0 aliphatic rings. The summed E-state index contributed by atoms with van der Waals surface area (Å²) in [6.07, 6.45) is -0.367. The number of carboxylic acids is 1. The number of nitrogens with one attached hydrogen (secondary N) is 1. The third kappa shape index (κ3) is 4.35. The first-order valence-electron chi connectivity index (χ1n) is 5.25. The summed E-state index contributed by atoms with van der Waals surface area (Å²) in [4.78, 5) is 10.4. The molecule has 8 heteroatoms. The van der Waals surface area contributed by atoms with Gasteiger partial charge in [-0.05, 0) is 26.0 Å². The van der Waals surface area contributed by atoms with Crippen LogP contribution < -0.4 is 4.72 Å². The molecular weight excluding hydrogens is 313 g/mol. The quantitative estimate of drug-likeness (QED) is 0.871. The zero-order valence-electron chi connectivity index (χ0n) is 10.3. The molecule has 0 heterocycles. The van der Waals surface area contributed by atoms with Gasteiger partial charge in [0.05, 0.1) is 16.5 Å². The van der Waals surface area contributed by atoms with Gasteiger partial charge in [0.2, 0.25) is 10.0 Å². The van der Waals surface area contributed by atoms with Crippen LogP contribution in [0.3, 0.4) is 0 Å². The number of carboxylic acid groups (broad SMARTS) is 1. The fourth-order valence-electron chi connectivity index (χ4n) is 1.57. The van der Waals surface area contributed by atoms with Gasteiger partial charge in [-0.25, -0.2) is 13.1 Å². The van der Waals surface area contributed by atoms with E-state index in [9.17, 15) is 13.2 Å². The average molecular weight is 326 g/mol. The number of halogens is 2. The van der Waals surface area contributed by atoms with Crippen molar-refractivity contribution >= 4 is 39.2 Å². The topological polar surface area (TPSA) is 83.5 Å². The predicted molar refractivity (Wildman–Crippen MR) is 73.1 cm³/mol. The number of hydrogen-bond acceptors (Lipinski definition) is 3. The van der Waals surface area contributed by atoms with Crippen molar-refractivity contribution in [3.05, 3.63) is 28.2 Å². The fraction of sp³-hybridized carbons (Fsp3) is 0.364. The molecule has 2 N–H and O–H groups in total. The predicted octanol–water partition coefficient (Wildman–Crippen LogP) is 2.53. The molecule has 0 aromatic heterocycles. The van der Waals surface area contributed by atoms with E-state index in [2.05, 4.69) is 4.72 Å². The molecule has 106 valence electrons. The Balaban J connectivity index is 3.16. The Kier molecular flexibility index (Phi) is 4.84. The number of carbonyl (C=O) groups is 1. The van der Waals surface area contributed by atoms with Crippen molar-refractivity contribution in [3.63, 3.8) is 0 Å². The van der Waals surface area contributed by atoms with E-state index >= 15 is 0 Å². The molecule has 0 saturated carbocycles. The standard InChI is InChI=1S/C11H13Cl2NO4S/c1-11(2,6-9(15)16)14-19(17,18)10-7(12)4-3-5-8(10)13/h3-5,14H,6H2,1-2H3,(H,15,16). The van der Waals surface area contributed by atoms with Crippen LogP contribution in [0.15, 0.2) is 23.1 Å². The van der Waals surface area contributed by atoms with Gasteiger partial charge in [-0.1, -0.05) is 29.3 Å². The van der Waals surface area contributed by atoms with Crippen LogP contribution in [0.2, 0.25) is 10.0 Å². The van der Waals surface area contributed by atoms with Crippen LogP contribution in [0.25, 0.3) is 0 Å². The number of sulfonamides is 1. The molecule has 0 unspecified atom stereocenters. The normalized spacial score (nSPS) is 12.4. The van der Waals surface area contributed by atoms with Crippen LogP contribution in [0.4, 0.5) is 0 Å². The minimum atomic E-state index is -4.00. The summed E-state index contributed by atoms with van der Waals surface area (Å²) in [5, 5.41) is 8.69. The zero-order valence-corrected chi connectivity index (χ0v) is 12.6. The molecule has 1 rings (SSSR count). The summed E-state index contributed by atoms with van der Waals surface area (Å²) < 4.78 is 26.7. The molecule has 0 aliphatic heterocycles. The highest BCUT2D eigenvalue weighted by Crippen LogP contribution is 2.29. The molecule has 1 aromatic rings. The Labute approximate surface area is 121 Å². The van der Waals surface area contributed by atoms with E-state index in [0.717, 1.165) is 0 Å². The zero-order chi connectivity index (χ0) is 14.8. The van der Waals surface area contributed by atoms with E-state index in [1.165, 1.54) is 32.0 Å². The number of benzene rings is 1. The van der Waals surface area contributed by atoms with E-state index < -0.39 is 21.5 Å². The summed E-state index contributed by atoms with van der Waals surface area (Å²) in [6, 6.07) is 4.31. The lowest BCUT2D eigenvalue weighted by molar-refractivity contribution is -0.138. The van der Waals surface area contributed by atoms with Gasteiger partial charge in [-0.2, -0.15) is 0 Å². The number of hydrogen-bond donors (Lipinski definition) is 2. The minimum Gasteiger partial charge on any atom is -0.481 e. The van der Waals surface area contributed by atoms with Crippen LogP contribution in [0.1, 0.15) is 20.3 Å². The second-order valence-electron chi connectivity index (χ2n) is 4.61. The molecular formula is C11H13Cl2NO4S. The van der Waals surface area contributed by atoms with Gasteiger partial charge in [-0.15, -0.1) is 0 Å². The van der Waals surface area contributed by atoms with Gasteiger partial charge in [0.15, 0.2) is 0 Å². The summed E-state index contributed by atoms with van der Waals surface area (Å²) in [6.45, 7) is 2.92. The van der Waals surface area contributed by atoms with Crippen LogP contribution in [0, 0.1) is 0 Å². The molecule has 0 amide bonds. The molecule has 0 fully saturated rings. The van der Waals surface area contributed by atoms with Crippen molar-refractivity contribution in [2.75, 3.05) is 0 Å². The van der Waals surface area contributed by atoms with Crippen LogP contribution >= 0.6 is 23.2 Å². The van der Waals surface area contributed by atoms with E-state index in [4.69, 9.17) is 28.3 Å². The maximum absolute atomic E-state index is 12.2. The monoisotopic (exact) mass is 325 g/mol. The molecule has 1 aromatic carbocycles. The van der Waals surface area contributed by atoms with Crippen molar-refractivity contribution in [2.24, 2.45) is 0 Å². The molecule has 5 nitrogen and oxygen atoms in total. The molecule has 0 saturated heterocycles. The molecule has 0 radical (unpaired) electrons. The minimum absolute atomic E-state index is 0.0221. The molecule has 0 atom stereocenters. The third-order valence-electron chi connectivity index (χ3n) is 2.19. The van der Waals surface area contributed by atoms with E-state index in [1.807, 2.05) is 0 Å². The number of rotatable bonds is 5. The van der Waals surface area contributed by atoms with Gasteiger partial charge >= 0.3 is 5.97 Å².